The number of rotatable bonds is 3. The van der Waals surface area contributed by atoms with Crippen LogP contribution >= 0.6 is 11.6 Å². The average Bonchev–Trinajstić information content (AvgIpc) is 3.06. The van der Waals surface area contributed by atoms with E-state index in [1.807, 2.05) is 0 Å². The van der Waals surface area contributed by atoms with E-state index in [2.05, 4.69) is 4.98 Å². The quantitative estimate of drug-likeness (QED) is 0.638. The Labute approximate surface area is 155 Å². The third kappa shape index (κ3) is 5.58. The Balaban J connectivity index is 0.000000625. The number of aromatic nitrogens is 1. The van der Waals surface area contributed by atoms with E-state index in [-0.39, 0.29) is 11.1 Å². The smallest absolute Gasteiger partial charge is 0.381 e. The van der Waals surface area contributed by atoms with Gasteiger partial charge in [0.2, 0.25) is 0 Å². The molecule has 16 heteroatoms. The second-order valence-corrected chi connectivity index (χ2v) is 8.98. The van der Waals surface area contributed by atoms with Crippen LogP contribution < -0.4 is 3.71 Å². The number of nitrogens with zero attached hydrogens (tertiary/aromatic N) is 2. The third-order valence-electron chi connectivity index (χ3n) is 2.75. The summed E-state index contributed by atoms with van der Waals surface area (Å²) in [7, 11) is -13.9. The molecule has 2 heterocycles. The van der Waals surface area contributed by atoms with Crippen molar-refractivity contribution >= 4 is 37.5 Å². The molecular formula is C11H11ClF6N2O5S2. The number of ether oxygens (including phenoxy) is 1. The summed E-state index contributed by atoms with van der Waals surface area (Å²) in [5.41, 5.74) is -12.6. The summed E-state index contributed by atoms with van der Waals surface area (Å²) >= 11 is 5.30. The lowest BCUT2D eigenvalue weighted by Crippen LogP contribution is -2.49. The highest BCUT2D eigenvalue weighted by Crippen LogP contribution is 2.37. The fraction of sp³-hybridized carbons (Fsp3) is 0.545. The van der Waals surface area contributed by atoms with Gasteiger partial charge in [0.15, 0.2) is 5.82 Å². The van der Waals surface area contributed by atoms with Crippen molar-refractivity contribution in [3.05, 3.63) is 23.4 Å². The number of halogens is 7. The lowest BCUT2D eigenvalue weighted by Gasteiger charge is -2.24. The number of hydrogen-bond donors (Lipinski definition) is 0. The van der Waals surface area contributed by atoms with Crippen molar-refractivity contribution in [3.63, 3.8) is 0 Å². The molecule has 27 heavy (non-hydrogen) atoms. The Kier molecular flexibility index (Phi) is 7.35. The molecule has 0 atom stereocenters. The Morgan fingerprint density at radius 1 is 0.926 bits per heavy atom. The zero-order valence-electron chi connectivity index (χ0n) is 13.0. The van der Waals surface area contributed by atoms with Gasteiger partial charge in [-0.05, 0) is 25.0 Å². The molecule has 7 nitrogen and oxygen atoms in total. The predicted octanol–water partition coefficient (Wildman–Crippen LogP) is 3.04. The second kappa shape index (κ2) is 8.36. The first-order chi connectivity index (χ1) is 12.1. The molecule has 1 aliphatic heterocycles. The first-order valence-electron chi connectivity index (χ1n) is 6.75. The zero-order valence-corrected chi connectivity index (χ0v) is 15.3. The van der Waals surface area contributed by atoms with Crippen LogP contribution in [-0.2, 0) is 24.8 Å². The molecule has 0 radical (unpaired) electrons. The number of hydrogen-bond acceptors (Lipinski definition) is 6. The molecule has 0 aliphatic carbocycles. The van der Waals surface area contributed by atoms with Gasteiger partial charge >= 0.3 is 31.1 Å². The van der Waals surface area contributed by atoms with Crippen molar-refractivity contribution in [2.24, 2.45) is 0 Å². The summed E-state index contributed by atoms with van der Waals surface area (Å²) in [6.45, 7) is 2.00. The number of sulfonamides is 2. The molecule has 1 aromatic rings. The summed E-state index contributed by atoms with van der Waals surface area (Å²) in [4.78, 5) is 2.87. The molecule has 0 unspecified atom stereocenters. The third-order valence-corrected chi connectivity index (χ3v) is 6.57. The predicted molar refractivity (Wildman–Crippen MR) is 81.7 cm³/mol. The van der Waals surface area contributed by atoms with Gasteiger partial charge in [0, 0.05) is 19.4 Å². The van der Waals surface area contributed by atoms with Gasteiger partial charge in [-0.2, -0.15) is 43.2 Å². The van der Waals surface area contributed by atoms with Crippen LogP contribution in [0, 0.1) is 0 Å². The molecule has 1 aromatic heterocycles. The Morgan fingerprint density at radius 3 is 1.63 bits per heavy atom. The summed E-state index contributed by atoms with van der Waals surface area (Å²) in [5.74, 6) is -1.64. The van der Waals surface area contributed by atoms with E-state index in [4.69, 9.17) is 16.3 Å². The van der Waals surface area contributed by atoms with Crippen molar-refractivity contribution in [3.8, 4) is 0 Å². The molecule has 0 spiro atoms. The monoisotopic (exact) mass is 464 g/mol. The van der Waals surface area contributed by atoms with Gasteiger partial charge in [0.1, 0.15) is 0 Å². The maximum Gasteiger partial charge on any atom is 0.517 e. The van der Waals surface area contributed by atoms with Crippen LogP contribution in [0.2, 0.25) is 5.02 Å². The van der Waals surface area contributed by atoms with E-state index in [1.165, 1.54) is 12.8 Å². The van der Waals surface area contributed by atoms with E-state index < -0.39 is 40.6 Å². The summed E-state index contributed by atoms with van der Waals surface area (Å²) in [6.07, 6.45) is 3.03. The normalized spacial score (nSPS) is 15.8. The number of alkyl halides is 6. The Bertz CT molecular complexity index is 784. The maximum absolute atomic E-state index is 12.5. The van der Waals surface area contributed by atoms with E-state index in [0.717, 1.165) is 13.2 Å². The first kappa shape index (κ1) is 23.7. The van der Waals surface area contributed by atoms with Gasteiger partial charge in [0.25, 0.3) is 0 Å². The Hall–Kier alpha value is -1.32. The largest absolute Gasteiger partial charge is 0.517 e. The van der Waals surface area contributed by atoms with Crippen molar-refractivity contribution in [1.82, 2.24) is 4.98 Å². The molecule has 0 bridgehead atoms. The van der Waals surface area contributed by atoms with E-state index in [1.54, 1.807) is 0 Å². The van der Waals surface area contributed by atoms with Gasteiger partial charge < -0.3 is 4.74 Å². The zero-order chi connectivity index (χ0) is 21.1. The molecule has 2 rings (SSSR count). The fourth-order valence-corrected chi connectivity index (χ4v) is 4.29. The van der Waals surface area contributed by atoms with Crippen LogP contribution in [-0.4, -0.2) is 46.0 Å². The van der Waals surface area contributed by atoms with Gasteiger partial charge in [-0.25, -0.2) is 4.98 Å². The summed E-state index contributed by atoms with van der Waals surface area (Å²) < 4.78 is 123. The van der Waals surface area contributed by atoms with E-state index >= 15 is 0 Å². The molecule has 0 N–H and O–H groups in total. The van der Waals surface area contributed by atoms with Crippen LogP contribution in [0.5, 0.6) is 0 Å². The fourth-order valence-electron chi connectivity index (χ4n) is 1.55. The second-order valence-electron chi connectivity index (χ2n) is 4.75. The minimum Gasteiger partial charge on any atom is -0.381 e. The van der Waals surface area contributed by atoms with Crippen LogP contribution in [0.1, 0.15) is 12.8 Å². The molecule has 156 valence electrons. The summed E-state index contributed by atoms with van der Waals surface area (Å²) in [6, 6.07) is 0.934. The van der Waals surface area contributed by atoms with Crippen molar-refractivity contribution < 1.29 is 47.9 Å². The standard InChI is InChI=1S/C7H3ClF6N2O4S2.C4H8O/c8-4-1-2-5(15-3-4)16(21(17,18)6(9,10)11)22(19,20)7(12,13)14;1-2-4-5-3-1/h1-3H;1-4H2. The molecule has 0 amide bonds. The Morgan fingerprint density at radius 2 is 1.37 bits per heavy atom. The van der Waals surface area contributed by atoms with Gasteiger partial charge in [0.05, 0.1) is 5.02 Å². The van der Waals surface area contributed by atoms with Gasteiger partial charge in [-0.1, -0.05) is 11.6 Å². The number of anilines is 1. The first-order valence-corrected chi connectivity index (χ1v) is 10.0. The lowest BCUT2D eigenvalue weighted by atomic mass is 10.4. The minimum absolute atomic E-state index is 0.273. The van der Waals surface area contributed by atoms with E-state index in [0.29, 0.717) is 12.3 Å². The minimum atomic E-state index is -6.93. The molecule has 0 saturated carbocycles. The molecule has 1 aliphatic rings. The molecule has 1 saturated heterocycles. The average molecular weight is 465 g/mol. The highest BCUT2D eigenvalue weighted by molar-refractivity contribution is 8.11. The van der Waals surface area contributed by atoms with Crippen LogP contribution in [0.3, 0.4) is 0 Å². The molecule has 1 fully saturated rings. The molecular weight excluding hydrogens is 454 g/mol. The highest BCUT2D eigenvalue weighted by Gasteiger charge is 2.62. The topological polar surface area (TPSA) is 93.6 Å². The SMILES string of the molecule is C1CCOC1.O=S(=O)(N(c1ccc(Cl)cn1)S(=O)(=O)C(F)(F)F)C(F)(F)F. The van der Waals surface area contributed by atoms with Crippen molar-refractivity contribution in [2.45, 2.75) is 23.9 Å². The van der Waals surface area contributed by atoms with Gasteiger partial charge in [-0.3, -0.25) is 0 Å². The van der Waals surface area contributed by atoms with Crippen LogP contribution in [0.15, 0.2) is 18.3 Å². The van der Waals surface area contributed by atoms with Crippen LogP contribution in [0.25, 0.3) is 0 Å². The highest BCUT2D eigenvalue weighted by atomic mass is 35.5. The molecule has 0 aromatic carbocycles. The van der Waals surface area contributed by atoms with Crippen molar-refractivity contribution in [2.75, 3.05) is 16.9 Å². The van der Waals surface area contributed by atoms with E-state index in [9.17, 15) is 43.2 Å². The number of pyridine rings is 1. The lowest BCUT2D eigenvalue weighted by molar-refractivity contribution is -0.0462. The van der Waals surface area contributed by atoms with Crippen molar-refractivity contribution in [1.29, 1.82) is 0 Å². The summed E-state index contributed by atoms with van der Waals surface area (Å²) in [5, 5.41) is -0.280. The maximum atomic E-state index is 12.5. The van der Waals surface area contributed by atoms with Crippen LogP contribution in [0.4, 0.5) is 32.2 Å². The van der Waals surface area contributed by atoms with Gasteiger partial charge in [-0.15, -0.1) is 3.71 Å².